The molecule has 2 aromatic carbocycles. The van der Waals surface area contributed by atoms with Crippen LogP contribution in [0.5, 0.6) is 5.75 Å². The summed E-state index contributed by atoms with van der Waals surface area (Å²) in [5.41, 5.74) is 1.72. The number of hydrogen-bond acceptors (Lipinski definition) is 5. The highest BCUT2D eigenvalue weighted by molar-refractivity contribution is 9.10. The molecule has 7 heteroatoms. The number of methoxy groups -OCH3 is 1. The molecule has 0 radical (unpaired) electrons. The number of fused-ring (bicyclic) bond motifs is 2. The molecule has 1 aliphatic heterocycles. The molecule has 0 atom stereocenters. The second kappa shape index (κ2) is 5.38. The molecule has 0 saturated carbocycles. The Kier molecular flexibility index (Phi) is 3.31. The molecule has 2 amide bonds. The van der Waals surface area contributed by atoms with Crippen LogP contribution in [0.15, 0.2) is 46.9 Å². The van der Waals surface area contributed by atoms with Crippen LogP contribution in [0.4, 0.5) is 5.69 Å². The van der Waals surface area contributed by atoms with Gasteiger partial charge in [0.25, 0.3) is 11.8 Å². The molecule has 0 N–H and O–H groups in total. The van der Waals surface area contributed by atoms with E-state index >= 15 is 0 Å². The van der Waals surface area contributed by atoms with Crippen molar-refractivity contribution in [3.63, 3.8) is 0 Å². The molecular weight excluding hydrogens is 374 g/mol. The topological polar surface area (TPSA) is 72.4 Å². The average Bonchev–Trinajstić information content (AvgIpc) is 2.84. The van der Waals surface area contributed by atoms with E-state index in [4.69, 9.17) is 4.74 Å². The molecule has 1 aliphatic rings. The molecule has 0 unspecified atom stereocenters. The minimum absolute atomic E-state index is 0.0708. The zero-order valence-corrected chi connectivity index (χ0v) is 14.1. The van der Waals surface area contributed by atoms with Crippen LogP contribution in [0.1, 0.15) is 21.0 Å². The lowest BCUT2D eigenvalue weighted by Crippen LogP contribution is -2.29. The molecule has 0 aliphatic carbocycles. The minimum Gasteiger partial charge on any atom is -0.497 e. The predicted octanol–water partition coefficient (Wildman–Crippen LogP) is 3.20. The Morgan fingerprint density at radius 2 is 1.54 bits per heavy atom. The minimum atomic E-state index is -0.477. The van der Waals surface area contributed by atoms with Crippen LogP contribution in [0, 0.1) is 0 Å². The van der Waals surface area contributed by atoms with E-state index in [1.54, 1.807) is 43.5 Å². The normalized spacial score (nSPS) is 13.5. The third-order valence-electron chi connectivity index (χ3n) is 3.77. The summed E-state index contributed by atoms with van der Waals surface area (Å²) >= 11 is 3.36. The number of halogens is 1. The van der Waals surface area contributed by atoms with Crippen molar-refractivity contribution in [1.29, 1.82) is 0 Å². The molecule has 6 nitrogen and oxygen atoms in total. The van der Waals surface area contributed by atoms with Crippen molar-refractivity contribution in [3.05, 3.63) is 58.3 Å². The van der Waals surface area contributed by atoms with Gasteiger partial charge >= 0.3 is 0 Å². The molecule has 0 fully saturated rings. The number of benzene rings is 2. The Labute approximate surface area is 145 Å². The summed E-state index contributed by atoms with van der Waals surface area (Å²) in [6, 6.07) is 12.0. The van der Waals surface area contributed by atoms with E-state index in [1.807, 2.05) is 6.07 Å². The predicted molar refractivity (Wildman–Crippen MR) is 91.4 cm³/mol. The highest BCUT2D eigenvalue weighted by Gasteiger charge is 2.39. The number of amides is 2. The Morgan fingerprint density at radius 3 is 2.17 bits per heavy atom. The van der Waals surface area contributed by atoms with Gasteiger partial charge in [-0.1, -0.05) is 15.9 Å². The van der Waals surface area contributed by atoms with Crippen LogP contribution >= 0.6 is 15.9 Å². The van der Waals surface area contributed by atoms with E-state index in [0.717, 1.165) is 9.37 Å². The van der Waals surface area contributed by atoms with Gasteiger partial charge in [0.15, 0.2) is 11.4 Å². The van der Waals surface area contributed by atoms with E-state index in [-0.39, 0.29) is 11.4 Å². The maximum atomic E-state index is 12.7. The summed E-state index contributed by atoms with van der Waals surface area (Å²) in [4.78, 5) is 35.0. The highest BCUT2D eigenvalue weighted by atomic mass is 79.9. The van der Waals surface area contributed by atoms with E-state index in [2.05, 4.69) is 25.9 Å². The van der Waals surface area contributed by atoms with Gasteiger partial charge in [-0.05, 0) is 42.5 Å². The fourth-order valence-corrected chi connectivity index (χ4v) is 2.94. The number of nitrogens with zero attached hydrogens (tertiary/aromatic N) is 3. The van der Waals surface area contributed by atoms with Crippen molar-refractivity contribution in [2.45, 2.75) is 0 Å². The molecular formula is C17H10BrN3O3. The van der Waals surface area contributed by atoms with Crippen LogP contribution < -0.4 is 9.64 Å². The lowest BCUT2D eigenvalue weighted by atomic mass is 10.2. The lowest BCUT2D eigenvalue weighted by molar-refractivity contribution is 0.0923. The molecule has 24 heavy (non-hydrogen) atoms. The molecule has 0 bridgehead atoms. The SMILES string of the molecule is COc1ccc(N2C(=O)c3nc4ccc(Br)cc4nc3C2=O)cc1. The van der Waals surface area contributed by atoms with Crippen molar-refractivity contribution < 1.29 is 14.3 Å². The molecule has 118 valence electrons. The van der Waals surface area contributed by atoms with Gasteiger partial charge in [0.1, 0.15) is 5.75 Å². The first-order valence-electron chi connectivity index (χ1n) is 7.08. The Morgan fingerprint density at radius 1 is 0.917 bits per heavy atom. The Hall–Kier alpha value is -2.80. The highest BCUT2D eigenvalue weighted by Crippen LogP contribution is 2.29. The first-order chi connectivity index (χ1) is 11.6. The molecule has 0 saturated heterocycles. The smallest absolute Gasteiger partial charge is 0.286 e. The quantitative estimate of drug-likeness (QED) is 0.635. The van der Waals surface area contributed by atoms with Gasteiger partial charge in [0.2, 0.25) is 0 Å². The summed E-state index contributed by atoms with van der Waals surface area (Å²) in [5, 5.41) is 0. The summed E-state index contributed by atoms with van der Waals surface area (Å²) in [6.07, 6.45) is 0. The summed E-state index contributed by atoms with van der Waals surface area (Å²) in [6.45, 7) is 0. The number of carbonyl (C=O) groups excluding carboxylic acids is 2. The standard InChI is InChI=1S/C17H10BrN3O3/c1-24-11-5-3-10(4-6-11)21-16(22)14-15(17(21)23)20-13-8-9(18)2-7-12(13)19-14/h2-8H,1H3. The van der Waals surface area contributed by atoms with Crippen LogP contribution in [0.25, 0.3) is 11.0 Å². The average molecular weight is 384 g/mol. The second-order valence-corrected chi connectivity index (χ2v) is 6.11. The third-order valence-corrected chi connectivity index (χ3v) is 4.26. The van der Waals surface area contributed by atoms with Crippen molar-refractivity contribution in [2.24, 2.45) is 0 Å². The fraction of sp³-hybridized carbons (Fsp3) is 0.0588. The zero-order chi connectivity index (χ0) is 16.8. The van der Waals surface area contributed by atoms with Crippen molar-refractivity contribution in [1.82, 2.24) is 9.97 Å². The number of imide groups is 1. The van der Waals surface area contributed by atoms with Crippen LogP contribution in [0.3, 0.4) is 0 Å². The molecule has 4 rings (SSSR count). The van der Waals surface area contributed by atoms with E-state index in [9.17, 15) is 9.59 Å². The number of anilines is 1. The maximum Gasteiger partial charge on any atom is 0.286 e. The monoisotopic (exact) mass is 383 g/mol. The lowest BCUT2D eigenvalue weighted by Gasteiger charge is -2.13. The number of carbonyl (C=O) groups is 2. The molecule has 0 spiro atoms. The summed E-state index contributed by atoms with van der Waals surface area (Å²) in [7, 11) is 1.55. The van der Waals surface area contributed by atoms with E-state index in [1.165, 1.54) is 0 Å². The number of rotatable bonds is 2. The second-order valence-electron chi connectivity index (χ2n) is 5.20. The van der Waals surface area contributed by atoms with Gasteiger partial charge in [-0.15, -0.1) is 0 Å². The van der Waals surface area contributed by atoms with Crippen molar-refractivity contribution in [3.8, 4) is 5.75 Å². The maximum absolute atomic E-state index is 12.7. The molecule has 3 aromatic rings. The van der Waals surface area contributed by atoms with Gasteiger partial charge < -0.3 is 4.74 Å². The largest absolute Gasteiger partial charge is 0.497 e. The van der Waals surface area contributed by atoms with Crippen molar-refractivity contribution in [2.75, 3.05) is 12.0 Å². The van der Waals surface area contributed by atoms with E-state index < -0.39 is 11.8 Å². The first-order valence-corrected chi connectivity index (χ1v) is 7.88. The van der Waals surface area contributed by atoms with Gasteiger partial charge in [-0.2, -0.15) is 0 Å². The molecule has 1 aromatic heterocycles. The zero-order valence-electron chi connectivity index (χ0n) is 12.5. The molecule has 2 heterocycles. The summed E-state index contributed by atoms with van der Waals surface area (Å²) < 4.78 is 5.92. The van der Waals surface area contributed by atoms with Gasteiger partial charge in [0.05, 0.1) is 23.8 Å². The van der Waals surface area contributed by atoms with E-state index in [0.29, 0.717) is 22.5 Å². The number of ether oxygens (including phenoxy) is 1. The van der Waals surface area contributed by atoms with Gasteiger partial charge in [-0.3, -0.25) is 9.59 Å². The third kappa shape index (κ3) is 2.16. The Bertz CT molecular complexity index is 1000. The van der Waals surface area contributed by atoms with Crippen molar-refractivity contribution >= 4 is 44.5 Å². The Balaban J connectivity index is 1.83. The fourth-order valence-electron chi connectivity index (χ4n) is 2.60. The summed E-state index contributed by atoms with van der Waals surface area (Å²) in [5.74, 6) is -0.311. The van der Waals surface area contributed by atoms with Gasteiger partial charge in [-0.25, -0.2) is 14.9 Å². The van der Waals surface area contributed by atoms with Crippen LogP contribution in [-0.2, 0) is 0 Å². The van der Waals surface area contributed by atoms with Crippen LogP contribution in [-0.4, -0.2) is 28.9 Å². The number of hydrogen-bond donors (Lipinski definition) is 0. The first kappa shape index (κ1) is 14.8. The number of aromatic nitrogens is 2. The van der Waals surface area contributed by atoms with Gasteiger partial charge in [0, 0.05) is 4.47 Å². The van der Waals surface area contributed by atoms with Crippen LogP contribution in [0.2, 0.25) is 0 Å².